The Labute approximate surface area is 153 Å². The van der Waals surface area contributed by atoms with Gasteiger partial charge in [0.1, 0.15) is 5.82 Å². The van der Waals surface area contributed by atoms with Gasteiger partial charge in [0.25, 0.3) is 5.91 Å². The highest BCUT2D eigenvalue weighted by atomic mass is 35.5. The van der Waals surface area contributed by atoms with Gasteiger partial charge in [-0.15, -0.1) is 0 Å². The van der Waals surface area contributed by atoms with Gasteiger partial charge in [-0.05, 0) is 43.3 Å². The Kier molecular flexibility index (Phi) is 6.13. The standard InChI is InChI=1S/C17H15ClFN3O4/c1-9(15(23)21-12-5-6-14(19)13(18)8-12)26-16(24)10-3-2-4-11(7-10)22-17(20)25/h2-9H,1H3,(H,21,23)(H3,20,22,25)/t9-/m1/s1. The van der Waals surface area contributed by atoms with Gasteiger partial charge in [-0.25, -0.2) is 14.0 Å². The molecule has 2 aromatic carbocycles. The fraction of sp³-hybridized carbons (Fsp3) is 0.118. The zero-order valence-electron chi connectivity index (χ0n) is 13.6. The van der Waals surface area contributed by atoms with E-state index < -0.39 is 29.8 Å². The predicted molar refractivity (Wildman–Crippen MR) is 94.6 cm³/mol. The molecule has 1 atom stereocenters. The molecule has 0 aliphatic rings. The average Bonchev–Trinajstić information content (AvgIpc) is 2.57. The van der Waals surface area contributed by atoms with Crippen LogP contribution >= 0.6 is 11.6 Å². The topological polar surface area (TPSA) is 111 Å². The number of carbonyl (C=O) groups excluding carboxylic acids is 3. The molecule has 7 nitrogen and oxygen atoms in total. The summed E-state index contributed by atoms with van der Waals surface area (Å²) in [5.74, 6) is -2.00. The van der Waals surface area contributed by atoms with Crippen LogP contribution in [0.3, 0.4) is 0 Å². The van der Waals surface area contributed by atoms with Gasteiger partial charge in [0, 0.05) is 11.4 Å². The molecule has 0 saturated heterocycles. The molecule has 0 aliphatic carbocycles. The van der Waals surface area contributed by atoms with Crippen molar-refractivity contribution in [3.8, 4) is 0 Å². The third-order valence-electron chi connectivity index (χ3n) is 3.21. The van der Waals surface area contributed by atoms with Crippen LogP contribution in [0.15, 0.2) is 42.5 Å². The molecule has 0 saturated carbocycles. The van der Waals surface area contributed by atoms with Crippen molar-refractivity contribution >= 4 is 40.9 Å². The molecular formula is C17H15ClFN3O4. The number of carbonyl (C=O) groups is 3. The lowest BCUT2D eigenvalue weighted by molar-refractivity contribution is -0.123. The normalized spacial score (nSPS) is 11.3. The van der Waals surface area contributed by atoms with E-state index >= 15 is 0 Å². The second-order valence-corrected chi connectivity index (χ2v) is 5.64. The number of urea groups is 1. The second kappa shape index (κ2) is 8.30. The summed E-state index contributed by atoms with van der Waals surface area (Å²) >= 11 is 5.64. The molecule has 0 aromatic heterocycles. The molecule has 0 fully saturated rings. The van der Waals surface area contributed by atoms with Crippen LogP contribution in [0, 0.1) is 5.82 Å². The Balaban J connectivity index is 2.00. The van der Waals surface area contributed by atoms with Gasteiger partial charge in [0.2, 0.25) is 0 Å². The molecule has 2 rings (SSSR count). The van der Waals surface area contributed by atoms with E-state index in [4.69, 9.17) is 22.1 Å². The van der Waals surface area contributed by atoms with Gasteiger partial charge in [-0.3, -0.25) is 4.79 Å². The van der Waals surface area contributed by atoms with Crippen molar-refractivity contribution in [2.24, 2.45) is 5.73 Å². The van der Waals surface area contributed by atoms with E-state index in [9.17, 15) is 18.8 Å². The quantitative estimate of drug-likeness (QED) is 0.693. The maximum atomic E-state index is 13.1. The van der Waals surface area contributed by atoms with Crippen molar-refractivity contribution in [3.05, 3.63) is 58.9 Å². The SMILES string of the molecule is C[C@@H](OC(=O)c1cccc(NC(N)=O)c1)C(=O)Nc1ccc(F)c(Cl)c1. The predicted octanol–water partition coefficient (Wildman–Crippen LogP) is 3.15. The zero-order chi connectivity index (χ0) is 19.3. The molecule has 4 N–H and O–H groups in total. The van der Waals surface area contributed by atoms with Crippen LogP contribution in [0.2, 0.25) is 5.02 Å². The first-order chi connectivity index (χ1) is 12.3. The summed E-state index contributed by atoms with van der Waals surface area (Å²) in [4.78, 5) is 35.1. The van der Waals surface area contributed by atoms with E-state index in [0.29, 0.717) is 5.69 Å². The summed E-state index contributed by atoms with van der Waals surface area (Å²) in [6, 6.07) is 8.77. The Morgan fingerprint density at radius 3 is 2.46 bits per heavy atom. The minimum absolute atomic E-state index is 0.126. The smallest absolute Gasteiger partial charge is 0.338 e. The first kappa shape index (κ1) is 19.2. The minimum Gasteiger partial charge on any atom is -0.449 e. The highest BCUT2D eigenvalue weighted by Gasteiger charge is 2.19. The molecule has 0 aliphatic heterocycles. The first-order valence-corrected chi connectivity index (χ1v) is 7.77. The van der Waals surface area contributed by atoms with Crippen molar-refractivity contribution in [3.63, 3.8) is 0 Å². The van der Waals surface area contributed by atoms with Gasteiger partial charge in [-0.1, -0.05) is 17.7 Å². The van der Waals surface area contributed by atoms with E-state index in [-0.39, 0.29) is 16.3 Å². The molecular weight excluding hydrogens is 365 g/mol. The van der Waals surface area contributed by atoms with Crippen LogP contribution in [-0.2, 0) is 9.53 Å². The molecule has 0 unspecified atom stereocenters. The van der Waals surface area contributed by atoms with E-state index in [1.807, 2.05) is 0 Å². The molecule has 0 spiro atoms. The van der Waals surface area contributed by atoms with E-state index in [2.05, 4.69) is 10.6 Å². The Morgan fingerprint density at radius 1 is 1.12 bits per heavy atom. The number of amides is 3. The molecule has 0 heterocycles. The van der Waals surface area contributed by atoms with Crippen molar-refractivity contribution in [1.29, 1.82) is 0 Å². The van der Waals surface area contributed by atoms with E-state index in [1.165, 1.54) is 43.3 Å². The van der Waals surface area contributed by atoms with E-state index in [0.717, 1.165) is 6.07 Å². The lowest BCUT2D eigenvalue weighted by atomic mass is 10.2. The van der Waals surface area contributed by atoms with Crippen molar-refractivity contribution in [2.75, 3.05) is 10.6 Å². The highest BCUT2D eigenvalue weighted by Crippen LogP contribution is 2.20. The number of nitrogens with one attached hydrogen (secondary N) is 2. The third kappa shape index (κ3) is 5.18. The van der Waals surface area contributed by atoms with E-state index in [1.54, 1.807) is 0 Å². The lowest BCUT2D eigenvalue weighted by Crippen LogP contribution is -2.30. The molecule has 26 heavy (non-hydrogen) atoms. The minimum atomic E-state index is -1.13. The number of hydrogen-bond acceptors (Lipinski definition) is 4. The fourth-order valence-electron chi connectivity index (χ4n) is 1.97. The zero-order valence-corrected chi connectivity index (χ0v) is 14.3. The Bertz CT molecular complexity index is 860. The van der Waals surface area contributed by atoms with Gasteiger partial charge in [0.15, 0.2) is 6.10 Å². The molecule has 0 radical (unpaired) electrons. The van der Waals surface area contributed by atoms with Gasteiger partial charge >= 0.3 is 12.0 Å². The number of anilines is 2. The number of rotatable bonds is 5. The Hall–Kier alpha value is -3.13. The number of benzene rings is 2. The van der Waals surface area contributed by atoms with Gasteiger partial charge in [0.05, 0.1) is 10.6 Å². The molecule has 0 bridgehead atoms. The molecule has 9 heteroatoms. The largest absolute Gasteiger partial charge is 0.449 e. The van der Waals surface area contributed by atoms with Crippen LogP contribution < -0.4 is 16.4 Å². The summed E-state index contributed by atoms with van der Waals surface area (Å²) in [5.41, 5.74) is 5.71. The van der Waals surface area contributed by atoms with Crippen LogP contribution in [0.1, 0.15) is 17.3 Å². The fourth-order valence-corrected chi connectivity index (χ4v) is 2.15. The molecule has 3 amide bonds. The summed E-state index contributed by atoms with van der Waals surface area (Å²) in [7, 11) is 0. The summed E-state index contributed by atoms with van der Waals surface area (Å²) < 4.78 is 18.2. The van der Waals surface area contributed by atoms with Crippen molar-refractivity contribution in [1.82, 2.24) is 0 Å². The number of ether oxygens (including phenoxy) is 1. The van der Waals surface area contributed by atoms with Gasteiger partial charge < -0.3 is 21.1 Å². The molecule has 2 aromatic rings. The van der Waals surface area contributed by atoms with Crippen LogP contribution in [-0.4, -0.2) is 24.0 Å². The number of hydrogen-bond donors (Lipinski definition) is 3. The third-order valence-corrected chi connectivity index (χ3v) is 3.50. The van der Waals surface area contributed by atoms with Crippen molar-refractivity contribution < 1.29 is 23.5 Å². The molecule has 136 valence electrons. The maximum absolute atomic E-state index is 13.1. The van der Waals surface area contributed by atoms with Crippen molar-refractivity contribution in [2.45, 2.75) is 13.0 Å². The summed E-state index contributed by atoms with van der Waals surface area (Å²) in [6.07, 6.45) is -1.13. The highest BCUT2D eigenvalue weighted by molar-refractivity contribution is 6.31. The maximum Gasteiger partial charge on any atom is 0.338 e. The van der Waals surface area contributed by atoms with Crippen LogP contribution in [0.5, 0.6) is 0 Å². The summed E-state index contributed by atoms with van der Waals surface area (Å²) in [6.45, 7) is 1.38. The number of nitrogens with two attached hydrogens (primary N) is 1. The van der Waals surface area contributed by atoms with Crippen LogP contribution in [0.25, 0.3) is 0 Å². The number of esters is 1. The average molecular weight is 380 g/mol. The van der Waals surface area contributed by atoms with Crippen LogP contribution in [0.4, 0.5) is 20.6 Å². The Morgan fingerprint density at radius 2 is 1.81 bits per heavy atom. The monoisotopic (exact) mass is 379 g/mol. The second-order valence-electron chi connectivity index (χ2n) is 5.24. The van der Waals surface area contributed by atoms with Gasteiger partial charge in [-0.2, -0.15) is 0 Å². The number of primary amides is 1. The lowest BCUT2D eigenvalue weighted by Gasteiger charge is -2.14. The number of halogens is 2. The summed E-state index contributed by atoms with van der Waals surface area (Å²) in [5, 5.41) is 4.64. The first-order valence-electron chi connectivity index (χ1n) is 7.39.